The number of nitrogens with zero attached hydrogens (tertiary/aromatic N) is 3. The molecular formula is C22H20FN3O3. The van der Waals surface area contributed by atoms with Crippen molar-refractivity contribution in [3.8, 4) is 0 Å². The Morgan fingerprint density at radius 2 is 2.03 bits per heavy atom. The van der Waals surface area contributed by atoms with E-state index in [0.717, 1.165) is 25.0 Å². The first-order chi connectivity index (χ1) is 14.0. The lowest BCUT2D eigenvalue weighted by Gasteiger charge is -2.21. The third-order valence-corrected chi connectivity index (χ3v) is 5.91. The van der Waals surface area contributed by atoms with E-state index in [0.29, 0.717) is 24.3 Å². The van der Waals surface area contributed by atoms with E-state index in [2.05, 4.69) is 4.98 Å². The molecule has 2 fully saturated rings. The molecule has 0 bridgehead atoms. The summed E-state index contributed by atoms with van der Waals surface area (Å²) in [6.45, 7) is 1.35. The molecule has 29 heavy (non-hydrogen) atoms. The largest absolute Gasteiger partial charge is 0.477 e. The number of aromatic carboxylic acids is 1. The van der Waals surface area contributed by atoms with E-state index in [9.17, 15) is 14.7 Å². The van der Waals surface area contributed by atoms with Gasteiger partial charge in [0.15, 0.2) is 0 Å². The van der Waals surface area contributed by atoms with Gasteiger partial charge in [-0.2, -0.15) is 0 Å². The van der Waals surface area contributed by atoms with E-state index in [1.807, 2.05) is 27.7 Å². The molecule has 0 amide bonds. The third kappa shape index (κ3) is 3.06. The van der Waals surface area contributed by atoms with Crippen molar-refractivity contribution in [3.63, 3.8) is 0 Å². The lowest BCUT2D eigenvalue weighted by atomic mass is 10.0. The van der Waals surface area contributed by atoms with E-state index >= 15 is 4.39 Å². The monoisotopic (exact) mass is 393 g/mol. The molecule has 6 nitrogen and oxygen atoms in total. The highest BCUT2D eigenvalue weighted by Crippen LogP contribution is 2.39. The smallest absolute Gasteiger partial charge is 0.341 e. The number of aromatic nitrogens is 2. The van der Waals surface area contributed by atoms with Gasteiger partial charge in [-0.25, -0.2) is 9.18 Å². The van der Waals surface area contributed by atoms with E-state index in [1.54, 1.807) is 12.3 Å². The Morgan fingerprint density at radius 3 is 2.72 bits per heavy atom. The van der Waals surface area contributed by atoms with Gasteiger partial charge in [0.05, 0.1) is 11.2 Å². The predicted octanol–water partition coefficient (Wildman–Crippen LogP) is 3.56. The van der Waals surface area contributed by atoms with Crippen LogP contribution in [0.2, 0.25) is 0 Å². The second-order valence-corrected chi connectivity index (χ2v) is 7.82. The van der Waals surface area contributed by atoms with Gasteiger partial charge in [-0.15, -0.1) is 0 Å². The van der Waals surface area contributed by atoms with Crippen molar-refractivity contribution < 1.29 is 14.3 Å². The first kappa shape index (κ1) is 17.8. The van der Waals surface area contributed by atoms with Crippen LogP contribution in [-0.4, -0.2) is 33.7 Å². The number of halogens is 1. The van der Waals surface area contributed by atoms with Crippen molar-refractivity contribution in [1.29, 1.82) is 0 Å². The second-order valence-electron chi connectivity index (χ2n) is 7.82. The number of carbonyl (C=O) groups is 1. The molecule has 1 aliphatic heterocycles. The molecule has 0 radical (unpaired) electrons. The van der Waals surface area contributed by atoms with Gasteiger partial charge in [0, 0.05) is 48.5 Å². The van der Waals surface area contributed by atoms with E-state index in [1.165, 1.54) is 12.3 Å². The standard InChI is InChI=1S/C22H20FN3O3/c23-17-9-15-19(26(14-4-5-14)12-16(21(15)27)22(28)29)10-20(17)25-8-6-13(11-25)18-3-1-2-7-24-18/h1-3,7,9-10,12-14H,4-6,8,11H2,(H,28,29). The maximum Gasteiger partial charge on any atom is 0.341 e. The molecule has 1 saturated carbocycles. The Bertz CT molecular complexity index is 1170. The summed E-state index contributed by atoms with van der Waals surface area (Å²) in [7, 11) is 0. The molecule has 1 atom stereocenters. The molecule has 3 heterocycles. The van der Waals surface area contributed by atoms with Crippen LogP contribution in [0.1, 0.15) is 47.3 Å². The number of carboxylic acids is 1. The van der Waals surface area contributed by atoms with Gasteiger partial charge < -0.3 is 14.6 Å². The molecule has 5 rings (SSSR count). The third-order valence-electron chi connectivity index (χ3n) is 5.91. The van der Waals surface area contributed by atoms with Crippen molar-refractivity contribution in [1.82, 2.24) is 9.55 Å². The summed E-state index contributed by atoms with van der Waals surface area (Å²) in [6, 6.07) is 8.89. The Hall–Kier alpha value is -3.22. The first-order valence-electron chi connectivity index (χ1n) is 9.80. The minimum atomic E-state index is -1.28. The van der Waals surface area contributed by atoms with Gasteiger partial charge in [0.2, 0.25) is 5.43 Å². The minimum absolute atomic E-state index is 0.124. The first-order valence-corrected chi connectivity index (χ1v) is 9.80. The highest BCUT2D eigenvalue weighted by molar-refractivity contribution is 5.93. The van der Waals surface area contributed by atoms with Gasteiger partial charge >= 0.3 is 5.97 Å². The summed E-state index contributed by atoms with van der Waals surface area (Å²) in [5.41, 5.74) is 1.10. The molecule has 2 aromatic heterocycles. The number of fused-ring (bicyclic) bond motifs is 1. The summed E-state index contributed by atoms with van der Waals surface area (Å²) in [6.07, 6.45) is 5.91. The lowest BCUT2D eigenvalue weighted by molar-refractivity contribution is 0.0695. The van der Waals surface area contributed by atoms with Gasteiger partial charge in [0.1, 0.15) is 11.4 Å². The molecule has 1 unspecified atom stereocenters. The van der Waals surface area contributed by atoms with Gasteiger partial charge in [-0.05, 0) is 43.5 Å². The zero-order valence-electron chi connectivity index (χ0n) is 15.7. The van der Waals surface area contributed by atoms with Crippen LogP contribution in [0.3, 0.4) is 0 Å². The summed E-state index contributed by atoms with van der Waals surface area (Å²) >= 11 is 0. The van der Waals surface area contributed by atoms with Crippen LogP contribution >= 0.6 is 0 Å². The number of hydrogen-bond acceptors (Lipinski definition) is 4. The zero-order chi connectivity index (χ0) is 20.1. The average molecular weight is 393 g/mol. The number of pyridine rings is 2. The SMILES string of the molecule is O=C(O)c1cn(C2CC2)c2cc(N3CCC(c4ccccn4)C3)c(F)cc2c1=O. The van der Waals surface area contributed by atoms with Crippen LogP contribution < -0.4 is 10.3 Å². The van der Waals surface area contributed by atoms with Gasteiger partial charge in [-0.3, -0.25) is 9.78 Å². The van der Waals surface area contributed by atoms with Crippen molar-refractivity contribution in [2.45, 2.75) is 31.2 Å². The predicted molar refractivity (Wildman–Crippen MR) is 107 cm³/mol. The molecule has 148 valence electrons. The Kier molecular flexibility index (Phi) is 4.12. The molecular weight excluding hydrogens is 373 g/mol. The molecule has 7 heteroatoms. The van der Waals surface area contributed by atoms with E-state index in [-0.39, 0.29) is 22.9 Å². The lowest BCUT2D eigenvalue weighted by Crippen LogP contribution is -2.23. The molecule has 0 spiro atoms. The average Bonchev–Trinajstić information content (AvgIpc) is 3.44. The van der Waals surface area contributed by atoms with Crippen LogP contribution in [0, 0.1) is 5.82 Å². The van der Waals surface area contributed by atoms with Gasteiger partial charge in [-0.1, -0.05) is 6.07 Å². The maximum absolute atomic E-state index is 15.0. The van der Waals surface area contributed by atoms with Crippen molar-refractivity contribution in [2.24, 2.45) is 0 Å². The van der Waals surface area contributed by atoms with Crippen molar-refractivity contribution in [2.75, 3.05) is 18.0 Å². The number of anilines is 1. The molecule has 1 N–H and O–H groups in total. The number of carboxylic acid groups (broad SMARTS) is 1. The fraction of sp³-hybridized carbons (Fsp3) is 0.318. The van der Waals surface area contributed by atoms with Crippen LogP contribution in [-0.2, 0) is 0 Å². The van der Waals surface area contributed by atoms with E-state index < -0.39 is 17.2 Å². The van der Waals surface area contributed by atoms with Crippen LogP contribution in [0.25, 0.3) is 10.9 Å². The Morgan fingerprint density at radius 1 is 1.21 bits per heavy atom. The zero-order valence-corrected chi connectivity index (χ0v) is 15.7. The fourth-order valence-electron chi connectivity index (χ4n) is 4.25. The molecule has 1 saturated heterocycles. The number of benzene rings is 1. The summed E-state index contributed by atoms with van der Waals surface area (Å²) < 4.78 is 16.8. The second kappa shape index (κ2) is 6.69. The van der Waals surface area contributed by atoms with E-state index in [4.69, 9.17) is 0 Å². The topological polar surface area (TPSA) is 75.4 Å². The summed E-state index contributed by atoms with van der Waals surface area (Å²) in [5, 5.41) is 9.49. The quantitative estimate of drug-likeness (QED) is 0.734. The Labute approximate surface area is 166 Å². The molecule has 3 aromatic rings. The van der Waals surface area contributed by atoms with Crippen molar-refractivity contribution >= 4 is 22.6 Å². The fourth-order valence-corrected chi connectivity index (χ4v) is 4.25. The number of rotatable bonds is 4. The number of hydrogen-bond donors (Lipinski definition) is 1. The van der Waals surface area contributed by atoms with Crippen LogP contribution in [0.4, 0.5) is 10.1 Å². The highest BCUT2D eigenvalue weighted by atomic mass is 19.1. The maximum atomic E-state index is 15.0. The molecule has 2 aliphatic rings. The normalized spacial score (nSPS) is 19.1. The summed E-state index contributed by atoms with van der Waals surface area (Å²) in [5.74, 6) is -1.55. The highest BCUT2D eigenvalue weighted by Gasteiger charge is 2.30. The summed E-state index contributed by atoms with van der Waals surface area (Å²) in [4.78, 5) is 30.5. The van der Waals surface area contributed by atoms with Crippen LogP contribution in [0.5, 0.6) is 0 Å². The van der Waals surface area contributed by atoms with Gasteiger partial charge in [0.25, 0.3) is 0 Å². The molecule has 1 aliphatic carbocycles. The Balaban J connectivity index is 1.58. The van der Waals surface area contributed by atoms with Crippen LogP contribution in [0.15, 0.2) is 47.5 Å². The molecule has 1 aromatic carbocycles. The minimum Gasteiger partial charge on any atom is -0.477 e. The van der Waals surface area contributed by atoms with Crippen molar-refractivity contribution in [3.05, 3.63) is 70.0 Å².